The van der Waals surface area contributed by atoms with Gasteiger partial charge in [0.15, 0.2) is 0 Å². The molecule has 1 aliphatic rings. The van der Waals surface area contributed by atoms with Crippen LogP contribution in [0.1, 0.15) is 13.8 Å². The van der Waals surface area contributed by atoms with Crippen molar-refractivity contribution in [1.82, 2.24) is 0 Å². The summed E-state index contributed by atoms with van der Waals surface area (Å²) in [7, 11) is 3.16. The molecule has 0 saturated carbocycles. The van der Waals surface area contributed by atoms with Gasteiger partial charge >= 0.3 is 0 Å². The molecule has 1 saturated heterocycles. The lowest BCUT2D eigenvalue weighted by molar-refractivity contribution is -0.428. The molecule has 0 aliphatic carbocycles. The molecule has 0 aromatic rings. The van der Waals surface area contributed by atoms with Crippen LogP contribution in [0.3, 0.4) is 0 Å². The molecule has 0 aromatic heterocycles. The number of hydrogen-bond donors (Lipinski definition) is 0. The highest BCUT2D eigenvalue weighted by atomic mass is 79.9. The molecule has 1 rings (SSSR count). The highest BCUT2D eigenvalue weighted by molar-refractivity contribution is 9.09. The van der Waals surface area contributed by atoms with E-state index in [-0.39, 0.29) is 6.10 Å². The van der Waals surface area contributed by atoms with Gasteiger partial charge in [0, 0.05) is 19.5 Å². The van der Waals surface area contributed by atoms with Gasteiger partial charge < -0.3 is 18.9 Å². The van der Waals surface area contributed by atoms with Crippen molar-refractivity contribution < 1.29 is 18.9 Å². The van der Waals surface area contributed by atoms with Crippen LogP contribution in [-0.4, -0.2) is 43.8 Å². The lowest BCUT2D eigenvalue weighted by Gasteiger charge is -2.48. The number of hydrogen-bond acceptors (Lipinski definition) is 4. The first-order chi connectivity index (χ1) is 6.51. The first kappa shape index (κ1) is 12.4. The summed E-state index contributed by atoms with van der Waals surface area (Å²) in [5.41, 5.74) is 0. The van der Waals surface area contributed by atoms with Crippen molar-refractivity contribution in [3.63, 3.8) is 0 Å². The Morgan fingerprint density at radius 3 is 2.29 bits per heavy atom. The molecule has 1 heterocycles. The Kier molecular flexibility index (Phi) is 3.94. The van der Waals surface area contributed by atoms with E-state index in [1.807, 2.05) is 6.92 Å². The molecule has 1 fully saturated rings. The summed E-state index contributed by atoms with van der Waals surface area (Å²) in [6, 6.07) is 0. The van der Waals surface area contributed by atoms with Crippen molar-refractivity contribution in [2.75, 3.05) is 26.2 Å². The third-order valence-corrected chi connectivity index (χ3v) is 3.43. The molecule has 0 spiro atoms. The fraction of sp³-hybridized carbons (Fsp3) is 1.00. The van der Waals surface area contributed by atoms with E-state index in [0.717, 1.165) is 0 Å². The van der Waals surface area contributed by atoms with Crippen molar-refractivity contribution in [1.29, 1.82) is 0 Å². The monoisotopic (exact) mass is 268 g/mol. The van der Waals surface area contributed by atoms with E-state index in [1.54, 1.807) is 21.1 Å². The minimum Gasteiger partial charge on any atom is -0.349 e. The Bertz CT molecular complexity index is 201. The summed E-state index contributed by atoms with van der Waals surface area (Å²) >= 11 is 3.35. The van der Waals surface area contributed by atoms with Crippen LogP contribution < -0.4 is 0 Å². The zero-order chi connectivity index (χ0) is 10.8. The van der Waals surface area contributed by atoms with Gasteiger partial charge in [0.2, 0.25) is 11.6 Å². The molecule has 0 amide bonds. The van der Waals surface area contributed by atoms with E-state index in [9.17, 15) is 0 Å². The minimum atomic E-state index is -0.877. The van der Waals surface area contributed by atoms with Gasteiger partial charge in [-0.1, -0.05) is 15.9 Å². The minimum absolute atomic E-state index is 0.0109. The van der Waals surface area contributed by atoms with Gasteiger partial charge in [-0.15, -0.1) is 0 Å². The van der Waals surface area contributed by atoms with Crippen LogP contribution in [0.25, 0.3) is 0 Å². The van der Waals surface area contributed by atoms with Gasteiger partial charge in [0.25, 0.3) is 0 Å². The summed E-state index contributed by atoms with van der Waals surface area (Å²) in [5.74, 6) is -1.74. The first-order valence-electron chi connectivity index (χ1n) is 4.49. The van der Waals surface area contributed by atoms with E-state index < -0.39 is 11.6 Å². The average Bonchev–Trinajstić information content (AvgIpc) is 2.22. The van der Waals surface area contributed by atoms with Crippen molar-refractivity contribution in [3.05, 3.63) is 0 Å². The molecular formula is C9H17BrO4. The van der Waals surface area contributed by atoms with Crippen LogP contribution in [0.4, 0.5) is 0 Å². The second kappa shape index (κ2) is 4.45. The molecule has 0 unspecified atom stereocenters. The molecule has 3 atom stereocenters. The Balaban J connectivity index is 2.81. The maximum atomic E-state index is 5.76. The lowest BCUT2D eigenvalue weighted by Crippen LogP contribution is -2.62. The van der Waals surface area contributed by atoms with Gasteiger partial charge in [0.05, 0.1) is 12.7 Å². The van der Waals surface area contributed by atoms with Crippen LogP contribution in [-0.2, 0) is 18.9 Å². The van der Waals surface area contributed by atoms with Crippen LogP contribution in [0.15, 0.2) is 0 Å². The second-order valence-corrected chi connectivity index (χ2v) is 4.15. The maximum absolute atomic E-state index is 5.76. The van der Waals surface area contributed by atoms with E-state index in [1.165, 1.54) is 0 Å². The predicted molar refractivity (Wildman–Crippen MR) is 55.4 cm³/mol. The molecule has 0 radical (unpaired) electrons. The summed E-state index contributed by atoms with van der Waals surface area (Å²) in [6.45, 7) is 4.11. The zero-order valence-electron chi connectivity index (χ0n) is 9.00. The molecule has 84 valence electrons. The molecule has 0 bridgehead atoms. The molecular weight excluding hydrogens is 252 g/mol. The lowest BCUT2D eigenvalue weighted by atomic mass is 10.1. The van der Waals surface area contributed by atoms with Gasteiger partial charge in [-0.3, -0.25) is 0 Å². The number of methoxy groups -OCH3 is 2. The Labute approximate surface area is 93.0 Å². The van der Waals surface area contributed by atoms with E-state index >= 15 is 0 Å². The highest BCUT2D eigenvalue weighted by Crippen LogP contribution is 2.36. The Morgan fingerprint density at radius 2 is 1.86 bits per heavy atom. The van der Waals surface area contributed by atoms with Gasteiger partial charge in [0.1, 0.15) is 0 Å². The van der Waals surface area contributed by atoms with Gasteiger partial charge in [-0.05, 0) is 13.8 Å². The number of rotatable bonds is 3. The number of halogens is 1. The predicted octanol–water partition coefficient (Wildman–Crippen LogP) is 1.52. The van der Waals surface area contributed by atoms with Crippen molar-refractivity contribution in [2.45, 2.75) is 31.5 Å². The second-order valence-electron chi connectivity index (χ2n) is 3.50. The summed E-state index contributed by atoms with van der Waals surface area (Å²) in [5, 5.41) is 0.714. The summed E-state index contributed by atoms with van der Waals surface area (Å²) in [4.78, 5) is 0. The molecule has 0 aromatic carbocycles. The standard InChI is InChI=1S/C9H17BrO4/c1-8(11-3)9(2,12-4)14-7(5-10)6-13-8/h7H,5-6H2,1-4H3/t7-,8+,9+/m1/s1. The van der Waals surface area contributed by atoms with Crippen molar-refractivity contribution in [3.8, 4) is 0 Å². The van der Waals surface area contributed by atoms with E-state index in [4.69, 9.17) is 18.9 Å². The first-order valence-corrected chi connectivity index (χ1v) is 5.61. The van der Waals surface area contributed by atoms with Crippen LogP contribution in [0.5, 0.6) is 0 Å². The number of alkyl halides is 1. The number of ether oxygens (including phenoxy) is 4. The van der Waals surface area contributed by atoms with Gasteiger partial charge in [-0.25, -0.2) is 0 Å². The molecule has 5 heteroatoms. The fourth-order valence-electron chi connectivity index (χ4n) is 1.40. The molecule has 1 aliphatic heterocycles. The topological polar surface area (TPSA) is 36.9 Å². The fourth-order valence-corrected chi connectivity index (χ4v) is 1.72. The molecule has 0 N–H and O–H groups in total. The van der Waals surface area contributed by atoms with Crippen LogP contribution in [0, 0.1) is 0 Å². The van der Waals surface area contributed by atoms with Crippen LogP contribution in [0.2, 0.25) is 0 Å². The van der Waals surface area contributed by atoms with Gasteiger partial charge in [-0.2, -0.15) is 0 Å². The van der Waals surface area contributed by atoms with Crippen molar-refractivity contribution in [2.24, 2.45) is 0 Å². The summed E-state index contributed by atoms with van der Waals surface area (Å²) < 4.78 is 22.0. The molecule has 14 heavy (non-hydrogen) atoms. The van der Waals surface area contributed by atoms with Crippen LogP contribution >= 0.6 is 15.9 Å². The average molecular weight is 269 g/mol. The molecule has 4 nitrogen and oxygen atoms in total. The normalized spacial score (nSPS) is 43.9. The Hall–Kier alpha value is 0.320. The smallest absolute Gasteiger partial charge is 0.220 e. The van der Waals surface area contributed by atoms with Crippen molar-refractivity contribution >= 4 is 15.9 Å². The summed E-state index contributed by atoms with van der Waals surface area (Å²) in [6.07, 6.45) is -0.0109. The van der Waals surface area contributed by atoms with E-state index in [0.29, 0.717) is 11.9 Å². The third kappa shape index (κ3) is 1.97. The maximum Gasteiger partial charge on any atom is 0.220 e. The Morgan fingerprint density at radius 1 is 1.29 bits per heavy atom. The van der Waals surface area contributed by atoms with E-state index in [2.05, 4.69) is 15.9 Å². The SMILES string of the molecule is CO[C@@]1(C)OC[C@@H](CBr)O[C@]1(C)OC. The zero-order valence-corrected chi connectivity index (χ0v) is 10.6. The highest BCUT2D eigenvalue weighted by Gasteiger charge is 2.53. The third-order valence-electron chi connectivity index (χ3n) is 2.71. The largest absolute Gasteiger partial charge is 0.349 e. The quantitative estimate of drug-likeness (QED) is 0.728.